The number of aldehydes is 8. The van der Waals surface area contributed by atoms with Crippen molar-refractivity contribution in [1.82, 2.24) is 0 Å². The lowest BCUT2D eigenvalue weighted by atomic mass is 10.2. The summed E-state index contributed by atoms with van der Waals surface area (Å²) < 4.78 is 18.0. The van der Waals surface area contributed by atoms with Gasteiger partial charge < -0.3 is 18.9 Å². The van der Waals surface area contributed by atoms with E-state index in [4.69, 9.17) is 0 Å². The van der Waals surface area contributed by atoms with Crippen LogP contribution in [0.4, 0.5) is 0 Å². The molecule has 0 aromatic rings. The average molecular weight is 719 g/mol. The second-order valence-corrected chi connectivity index (χ2v) is 9.44. The van der Waals surface area contributed by atoms with Gasteiger partial charge in [-0.1, -0.05) is 118 Å². The van der Waals surface area contributed by atoms with E-state index in [0.29, 0.717) is 50.3 Å². The molecule has 0 aromatic heterocycles. The van der Waals surface area contributed by atoms with Gasteiger partial charge in [-0.15, -0.1) is 0 Å². The lowest BCUT2D eigenvalue weighted by molar-refractivity contribution is -0.137. The molecule has 0 bridgehead atoms. The highest BCUT2D eigenvalue weighted by molar-refractivity contribution is 5.88. The van der Waals surface area contributed by atoms with E-state index in [9.17, 15) is 38.4 Å². The molecule has 0 aliphatic carbocycles. The molecule has 0 heterocycles. The van der Waals surface area contributed by atoms with Gasteiger partial charge in [0.15, 0.2) is 72.7 Å². The summed E-state index contributed by atoms with van der Waals surface area (Å²) in [7, 11) is 5.23. The molecule has 0 saturated carbocycles. The lowest BCUT2D eigenvalue weighted by Gasteiger charge is -2.10. The molecule has 294 valence electrons. The summed E-state index contributed by atoms with van der Waals surface area (Å²) in [6.07, 6.45) is 15.5. The molecule has 0 atom stereocenters. The van der Waals surface area contributed by atoms with Crippen molar-refractivity contribution in [2.45, 2.75) is 117 Å². The van der Waals surface area contributed by atoms with Crippen molar-refractivity contribution in [3.63, 3.8) is 0 Å². The largest absolute Gasteiger partial charge is 0.363 e. The third-order valence-corrected chi connectivity index (χ3v) is 4.96. The highest BCUT2D eigenvalue weighted by Gasteiger charge is 2.21. The Morgan fingerprint density at radius 1 is 0.360 bits per heavy atom. The summed E-state index contributed by atoms with van der Waals surface area (Å²) in [5, 5.41) is 0. The zero-order valence-corrected chi connectivity index (χ0v) is 33.5. The second kappa shape index (κ2) is 54.6. The molecule has 0 radical (unpaired) electrons. The Bertz CT molecular complexity index is 668. The molecular formula is C38H70O12. The van der Waals surface area contributed by atoms with E-state index in [-0.39, 0.29) is 0 Å². The van der Waals surface area contributed by atoms with Crippen LogP contribution in [-0.4, -0.2) is 101 Å². The van der Waals surface area contributed by atoms with Gasteiger partial charge in [0.2, 0.25) is 0 Å². The molecule has 0 aliphatic heterocycles. The Labute approximate surface area is 303 Å². The maximum Gasteiger partial charge on any atom is 0.175 e. The van der Waals surface area contributed by atoms with Crippen LogP contribution < -0.4 is 0 Å². The zero-order valence-electron chi connectivity index (χ0n) is 33.5. The molecule has 12 heteroatoms. The molecule has 0 N–H and O–H groups in total. The van der Waals surface area contributed by atoms with Gasteiger partial charge in [-0.2, -0.15) is 0 Å². The molecule has 0 amide bonds. The van der Waals surface area contributed by atoms with Crippen LogP contribution in [-0.2, 0) is 57.3 Å². The van der Waals surface area contributed by atoms with Gasteiger partial charge in [-0.25, -0.2) is 0 Å². The molecule has 0 fully saturated rings. The van der Waals surface area contributed by atoms with Gasteiger partial charge in [-0.05, 0) is 27.7 Å². The summed E-state index contributed by atoms with van der Waals surface area (Å²) in [4.78, 5) is 79.5. The third kappa shape index (κ3) is 62.9. The van der Waals surface area contributed by atoms with E-state index in [1.165, 1.54) is 81.8 Å². The number of allylic oxidation sites excluding steroid dienone is 4. The van der Waals surface area contributed by atoms with Gasteiger partial charge >= 0.3 is 0 Å². The van der Waals surface area contributed by atoms with Crippen LogP contribution in [0.2, 0.25) is 0 Å². The van der Waals surface area contributed by atoms with E-state index in [1.54, 1.807) is 24.3 Å². The summed E-state index contributed by atoms with van der Waals surface area (Å²) in [6, 6.07) is 0. The molecule has 0 spiro atoms. The highest BCUT2D eigenvalue weighted by Crippen LogP contribution is 1.99. The van der Waals surface area contributed by atoms with Gasteiger partial charge in [-0.3, -0.25) is 38.4 Å². The van der Waals surface area contributed by atoms with E-state index < -0.39 is 22.4 Å². The molecule has 0 aliphatic rings. The third-order valence-electron chi connectivity index (χ3n) is 4.96. The topological polar surface area (TPSA) is 173 Å². The van der Waals surface area contributed by atoms with E-state index in [0.717, 1.165) is 0 Å². The van der Waals surface area contributed by atoms with Gasteiger partial charge in [0, 0.05) is 28.4 Å². The number of carbonyl (C=O) groups is 8. The smallest absolute Gasteiger partial charge is 0.175 e. The fourth-order valence-electron chi connectivity index (χ4n) is 0.496. The summed E-state index contributed by atoms with van der Waals surface area (Å²) in [5.74, 6) is 0. The fourth-order valence-corrected chi connectivity index (χ4v) is 0.496. The van der Waals surface area contributed by atoms with Crippen LogP contribution in [0.25, 0.3) is 0 Å². The number of hydrogen-bond donors (Lipinski definition) is 0. The first-order chi connectivity index (χ1) is 23.4. The van der Waals surface area contributed by atoms with Gasteiger partial charge in [0.1, 0.15) is 0 Å². The van der Waals surface area contributed by atoms with Crippen molar-refractivity contribution in [2.24, 2.45) is 0 Å². The van der Waals surface area contributed by atoms with Crippen LogP contribution in [0.3, 0.4) is 0 Å². The van der Waals surface area contributed by atoms with Crippen molar-refractivity contribution in [1.29, 1.82) is 0 Å². The minimum Gasteiger partial charge on any atom is -0.363 e. The monoisotopic (exact) mass is 718 g/mol. The van der Waals surface area contributed by atoms with Gasteiger partial charge in [0.25, 0.3) is 0 Å². The molecule has 12 nitrogen and oxygen atoms in total. The van der Waals surface area contributed by atoms with Gasteiger partial charge in [0.05, 0.1) is 0 Å². The van der Waals surface area contributed by atoms with E-state index >= 15 is 0 Å². The minimum absolute atomic E-state index is 0.458. The first kappa shape index (κ1) is 68.2. The predicted octanol–water partition coefficient (Wildman–Crippen LogP) is 6.51. The quantitative estimate of drug-likeness (QED) is 0.0963. The van der Waals surface area contributed by atoms with Crippen molar-refractivity contribution >= 4 is 50.3 Å². The summed E-state index contributed by atoms with van der Waals surface area (Å²) >= 11 is 0. The lowest BCUT2D eigenvalue weighted by Crippen LogP contribution is -2.30. The Morgan fingerprint density at radius 3 is 0.460 bits per heavy atom. The number of hydrogen-bond acceptors (Lipinski definition) is 12. The first-order valence-corrected chi connectivity index (χ1v) is 15.8. The molecule has 0 aromatic carbocycles. The summed E-state index contributed by atoms with van der Waals surface area (Å²) in [6.45, 7) is 31.8. The average Bonchev–Trinajstić information content (AvgIpc) is 3.21. The molecule has 50 heavy (non-hydrogen) atoms. The number of rotatable bonds is 16. The van der Waals surface area contributed by atoms with Crippen molar-refractivity contribution < 1.29 is 57.3 Å². The van der Waals surface area contributed by atoms with Crippen molar-refractivity contribution in [3.05, 3.63) is 50.6 Å². The molecule has 0 saturated heterocycles. The fraction of sp³-hybridized carbons (Fsp3) is 0.579. The molecule has 0 rings (SSSR count). The van der Waals surface area contributed by atoms with Crippen molar-refractivity contribution in [3.8, 4) is 0 Å². The number of methoxy groups -OCH3 is 4. The van der Waals surface area contributed by atoms with Crippen LogP contribution in [0.15, 0.2) is 50.6 Å². The second-order valence-electron chi connectivity index (χ2n) is 9.44. The number of unbranched alkanes of at least 4 members (excludes halogenated alkanes) is 2. The maximum absolute atomic E-state index is 9.93. The van der Waals surface area contributed by atoms with Crippen LogP contribution in [0, 0.1) is 0 Å². The van der Waals surface area contributed by atoms with Crippen LogP contribution >= 0.6 is 0 Å². The Kier molecular flexibility index (Phi) is 74.5. The SMILES string of the molecule is C=CC=C.C=CC=C.CC.CCCC.CCCC.COC(C)(C=O)C=O.COC(C)(C=O)C=O.COC(C)(C=O)C=O.COC(C)(C=O)C=O. The van der Waals surface area contributed by atoms with E-state index in [2.05, 4.69) is 73.0 Å². The molecular weight excluding hydrogens is 648 g/mol. The Hall–Kier alpha value is -3.84. The predicted molar refractivity (Wildman–Crippen MR) is 203 cm³/mol. The number of carbonyl (C=O) groups excluding carboxylic acids is 8. The van der Waals surface area contributed by atoms with Crippen LogP contribution in [0.5, 0.6) is 0 Å². The highest BCUT2D eigenvalue weighted by atomic mass is 16.5. The van der Waals surface area contributed by atoms with Crippen molar-refractivity contribution in [2.75, 3.05) is 28.4 Å². The minimum atomic E-state index is -1.24. The first-order valence-electron chi connectivity index (χ1n) is 15.8. The Morgan fingerprint density at radius 2 is 0.460 bits per heavy atom. The zero-order chi connectivity index (χ0) is 42.1. The summed E-state index contributed by atoms with van der Waals surface area (Å²) in [5.41, 5.74) is -4.94. The number of ether oxygens (including phenoxy) is 4. The maximum atomic E-state index is 9.93. The normalized spacial score (nSPS) is 9.00. The van der Waals surface area contributed by atoms with Crippen LogP contribution in [0.1, 0.15) is 94.9 Å². The van der Waals surface area contributed by atoms with E-state index in [1.807, 2.05) is 13.8 Å². The standard InChI is InChI=1S/4C5H8O3.2C4H10.2C4H6.C2H6/c4*1-5(3-6,4-7)8-2;4*1-3-4-2;1-2/h4*3-4H,1-2H3;2*3-4H2,1-2H3;2*3-4H,1-2H2;1-2H3. The molecule has 0 unspecified atom stereocenters. The Balaban J connectivity index is -0.0000000555.